The maximum absolute atomic E-state index is 12.9. The Morgan fingerprint density at radius 1 is 1.17 bits per heavy atom. The van der Waals surface area contributed by atoms with E-state index < -0.39 is 0 Å². The molecule has 0 radical (unpaired) electrons. The van der Waals surface area contributed by atoms with Crippen molar-refractivity contribution in [3.63, 3.8) is 0 Å². The minimum Gasteiger partial charge on any atom is -0.326 e. The van der Waals surface area contributed by atoms with Gasteiger partial charge < -0.3 is 10.2 Å². The van der Waals surface area contributed by atoms with Crippen LogP contribution in [-0.2, 0) is 9.59 Å². The van der Waals surface area contributed by atoms with Crippen molar-refractivity contribution >= 4 is 39.1 Å². The highest BCUT2D eigenvalue weighted by Gasteiger charge is 2.14. The van der Waals surface area contributed by atoms with E-state index >= 15 is 0 Å². The lowest BCUT2D eigenvalue weighted by Gasteiger charge is -2.21. The van der Waals surface area contributed by atoms with Crippen molar-refractivity contribution in [2.24, 2.45) is 0 Å². The molecular formula is C18H18BrFN2O2. The first-order valence-electron chi connectivity index (χ1n) is 7.46. The van der Waals surface area contributed by atoms with Crippen LogP contribution in [0.15, 0.2) is 46.9 Å². The summed E-state index contributed by atoms with van der Waals surface area (Å²) in [4.78, 5) is 25.5. The third-order valence-electron chi connectivity index (χ3n) is 3.54. The molecule has 0 unspecified atom stereocenters. The van der Waals surface area contributed by atoms with Gasteiger partial charge in [-0.05, 0) is 48.9 Å². The average Bonchev–Trinajstić information content (AvgIpc) is 2.53. The van der Waals surface area contributed by atoms with Crippen molar-refractivity contribution in [2.45, 2.75) is 20.3 Å². The molecule has 0 aliphatic heterocycles. The van der Waals surface area contributed by atoms with E-state index in [1.807, 2.05) is 25.1 Å². The quantitative estimate of drug-likeness (QED) is 0.825. The molecule has 0 heterocycles. The molecule has 0 aliphatic rings. The molecule has 2 amide bonds. The number of nitrogens with zero attached hydrogens (tertiary/aromatic N) is 1. The van der Waals surface area contributed by atoms with E-state index in [4.69, 9.17) is 0 Å². The number of hydrogen-bond donors (Lipinski definition) is 1. The van der Waals surface area contributed by atoms with Gasteiger partial charge in [0.15, 0.2) is 0 Å². The molecule has 0 fully saturated rings. The largest absolute Gasteiger partial charge is 0.326 e. The van der Waals surface area contributed by atoms with Gasteiger partial charge in [0.25, 0.3) is 0 Å². The lowest BCUT2D eigenvalue weighted by molar-refractivity contribution is -0.117. The van der Waals surface area contributed by atoms with Gasteiger partial charge in [0, 0.05) is 35.7 Å². The molecule has 0 aromatic heterocycles. The van der Waals surface area contributed by atoms with Crippen LogP contribution >= 0.6 is 15.9 Å². The number of anilines is 2. The third kappa shape index (κ3) is 4.89. The molecule has 2 aromatic rings. The fraction of sp³-hybridized carbons (Fsp3) is 0.222. The Bertz CT molecular complexity index is 747. The minimum absolute atomic E-state index is 0.139. The number of nitrogens with one attached hydrogen (secondary N) is 1. The highest BCUT2D eigenvalue weighted by molar-refractivity contribution is 9.10. The van der Waals surface area contributed by atoms with E-state index in [1.54, 1.807) is 4.90 Å². The number of carbonyl (C=O) groups excluding carboxylic acids is 2. The van der Waals surface area contributed by atoms with Gasteiger partial charge in [-0.1, -0.05) is 22.0 Å². The van der Waals surface area contributed by atoms with E-state index in [1.165, 1.54) is 31.2 Å². The summed E-state index contributed by atoms with van der Waals surface area (Å²) in [6.07, 6.45) is 0.141. The highest BCUT2D eigenvalue weighted by atomic mass is 79.9. The first-order chi connectivity index (χ1) is 11.4. The minimum atomic E-state index is -0.360. The zero-order valence-corrected chi connectivity index (χ0v) is 15.1. The normalized spacial score (nSPS) is 10.3. The van der Waals surface area contributed by atoms with Gasteiger partial charge in [-0.25, -0.2) is 4.39 Å². The Hall–Kier alpha value is -2.21. The predicted octanol–water partition coefficient (Wildman–Crippen LogP) is 4.28. The Balaban J connectivity index is 2.00. The molecule has 4 nitrogen and oxygen atoms in total. The van der Waals surface area contributed by atoms with Crippen molar-refractivity contribution in [1.29, 1.82) is 0 Å². The Morgan fingerprint density at radius 2 is 1.83 bits per heavy atom. The number of halogens is 2. The molecule has 0 atom stereocenters. The molecule has 0 bridgehead atoms. The summed E-state index contributed by atoms with van der Waals surface area (Å²) in [5.41, 5.74) is 2.32. The molecule has 2 aromatic carbocycles. The molecule has 1 N–H and O–H groups in total. The summed E-state index contributed by atoms with van der Waals surface area (Å²) < 4.78 is 13.8. The summed E-state index contributed by atoms with van der Waals surface area (Å²) in [5, 5.41) is 2.68. The fourth-order valence-electron chi connectivity index (χ4n) is 2.19. The molecule has 126 valence electrons. The maximum Gasteiger partial charge on any atom is 0.226 e. The summed E-state index contributed by atoms with van der Waals surface area (Å²) in [6.45, 7) is 3.69. The highest BCUT2D eigenvalue weighted by Crippen LogP contribution is 2.24. The fourth-order valence-corrected chi connectivity index (χ4v) is 2.55. The topological polar surface area (TPSA) is 49.4 Å². The standard InChI is InChI=1S/C18H18BrFN2O2/c1-12-3-8-16(11-17(12)19)22(13(2)23)10-9-18(24)21-15-6-4-14(20)5-7-15/h3-8,11H,9-10H2,1-2H3,(H,21,24). The van der Waals surface area contributed by atoms with E-state index in [0.29, 0.717) is 5.69 Å². The van der Waals surface area contributed by atoms with Crippen molar-refractivity contribution in [2.75, 3.05) is 16.8 Å². The van der Waals surface area contributed by atoms with Crippen LogP contribution in [0.2, 0.25) is 0 Å². The number of rotatable bonds is 5. The van der Waals surface area contributed by atoms with Crippen molar-refractivity contribution in [1.82, 2.24) is 0 Å². The van der Waals surface area contributed by atoms with E-state index in [0.717, 1.165) is 15.7 Å². The van der Waals surface area contributed by atoms with Gasteiger partial charge in [-0.15, -0.1) is 0 Å². The molecule has 0 saturated carbocycles. The Morgan fingerprint density at radius 3 is 2.42 bits per heavy atom. The zero-order chi connectivity index (χ0) is 17.7. The van der Waals surface area contributed by atoms with Crippen LogP contribution in [0.5, 0.6) is 0 Å². The van der Waals surface area contributed by atoms with Gasteiger partial charge in [0.05, 0.1) is 0 Å². The van der Waals surface area contributed by atoms with E-state index in [-0.39, 0.29) is 30.6 Å². The van der Waals surface area contributed by atoms with Gasteiger partial charge >= 0.3 is 0 Å². The van der Waals surface area contributed by atoms with Crippen LogP contribution < -0.4 is 10.2 Å². The third-order valence-corrected chi connectivity index (χ3v) is 4.39. The Labute approximate surface area is 148 Å². The van der Waals surface area contributed by atoms with E-state index in [2.05, 4.69) is 21.2 Å². The van der Waals surface area contributed by atoms with Crippen molar-refractivity contribution < 1.29 is 14.0 Å². The first kappa shape index (κ1) is 18.1. The van der Waals surface area contributed by atoms with E-state index in [9.17, 15) is 14.0 Å². The van der Waals surface area contributed by atoms with Gasteiger partial charge in [0.1, 0.15) is 5.82 Å². The van der Waals surface area contributed by atoms with Crippen LogP contribution in [0.1, 0.15) is 18.9 Å². The summed E-state index contributed by atoms with van der Waals surface area (Å²) >= 11 is 3.45. The van der Waals surface area contributed by atoms with Gasteiger partial charge in [-0.3, -0.25) is 9.59 Å². The van der Waals surface area contributed by atoms with Crippen molar-refractivity contribution in [3.8, 4) is 0 Å². The SMILES string of the molecule is CC(=O)N(CCC(=O)Nc1ccc(F)cc1)c1ccc(C)c(Br)c1. The average molecular weight is 393 g/mol. The van der Waals surface area contributed by atoms with Gasteiger partial charge in [-0.2, -0.15) is 0 Å². The molecule has 2 rings (SSSR count). The maximum atomic E-state index is 12.9. The second kappa shape index (κ2) is 8.06. The van der Waals surface area contributed by atoms with Crippen LogP contribution in [0.25, 0.3) is 0 Å². The number of benzene rings is 2. The smallest absolute Gasteiger partial charge is 0.226 e. The van der Waals surface area contributed by atoms with Gasteiger partial charge in [0.2, 0.25) is 11.8 Å². The molecular weight excluding hydrogens is 375 g/mol. The zero-order valence-electron chi connectivity index (χ0n) is 13.5. The van der Waals surface area contributed by atoms with Crippen LogP contribution in [-0.4, -0.2) is 18.4 Å². The number of aryl methyl sites for hydroxylation is 1. The molecule has 0 spiro atoms. The molecule has 0 aliphatic carbocycles. The number of hydrogen-bond acceptors (Lipinski definition) is 2. The molecule has 0 saturated heterocycles. The summed E-state index contributed by atoms with van der Waals surface area (Å²) in [7, 11) is 0. The van der Waals surface area contributed by atoms with Crippen molar-refractivity contribution in [3.05, 3.63) is 58.3 Å². The number of carbonyl (C=O) groups is 2. The predicted molar refractivity (Wildman–Crippen MR) is 96.6 cm³/mol. The van der Waals surface area contributed by atoms with Crippen LogP contribution in [0.4, 0.5) is 15.8 Å². The summed E-state index contributed by atoms with van der Waals surface area (Å²) in [5.74, 6) is -0.736. The molecule has 6 heteroatoms. The lowest BCUT2D eigenvalue weighted by Crippen LogP contribution is -2.32. The monoisotopic (exact) mass is 392 g/mol. The lowest BCUT2D eigenvalue weighted by atomic mass is 10.2. The number of amides is 2. The second-order valence-electron chi connectivity index (χ2n) is 5.41. The second-order valence-corrected chi connectivity index (χ2v) is 6.26. The first-order valence-corrected chi connectivity index (χ1v) is 8.26. The van der Waals surface area contributed by atoms with Crippen LogP contribution in [0.3, 0.4) is 0 Å². The Kier molecular flexibility index (Phi) is 6.09. The molecule has 24 heavy (non-hydrogen) atoms. The summed E-state index contributed by atoms with van der Waals surface area (Å²) in [6, 6.07) is 11.2. The van der Waals surface area contributed by atoms with Crippen LogP contribution in [0, 0.1) is 12.7 Å².